The lowest BCUT2D eigenvalue weighted by atomic mass is 10.3. The molecule has 0 N–H and O–H groups in total. The number of benzene rings is 1. The Morgan fingerprint density at radius 3 is 2.74 bits per heavy atom. The monoisotopic (exact) mass is 363 g/mol. The van der Waals surface area contributed by atoms with E-state index in [2.05, 4.69) is 15.0 Å². The van der Waals surface area contributed by atoms with Gasteiger partial charge in [-0.05, 0) is 18.6 Å². The summed E-state index contributed by atoms with van der Waals surface area (Å²) in [5.41, 5.74) is 2.69. The standard InChI is InChI=1S/C19H21N7O/c1-23-8-9-25(19(23)27)15-10-21-26(13-15)14-6-7-24(12-14)18-11-20-16-4-2-3-5-17(16)22-18/h2-5,10-11,13-14H,6-9,12H2,1H3. The number of fused-ring (bicyclic) bond motifs is 1. The maximum atomic E-state index is 12.2. The van der Waals surface area contributed by atoms with Crippen LogP contribution in [0.25, 0.3) is 11.0 Å². The van der Waals surface area contributed by atoms with E-state index in [1.54, 1.807) is 16.0 Å². The first-order chi connectivity index (χ1) is 13.2. The highest BCUT2D eigenvalue weighted by Crippen LogP contribution is 2.28. The van der Waals surface area contributed by atoms with Crippen LogP contribution in [0.1, 0.15) is 12.5 Å². The van der Waals surface area contributed by atoms with E-state index in [0.717, 1.165) is 48.6 Å². The molecule has 1 aromatic carbocycles. The molecule has 27 heavy (non-hydrogen) atoms. The smallest absolute Gasteiger partial charge is 0.324 e. The van der Waals surface area contributed by atoms with Gasteiger partial charge in [-0.1, -0.05) is 12.1 Å². The van der Waals surface area contributed by atoms with E-state index in [1.165, 1.54) is 0 Å². The van der Waals surface area contributed by atoms with E-state index in [9.17, 15) is 4.79 Å². The summed E-state index contributed by atoms with van der Waals surface area (Å²) in [4.78, 5) is 27.2. The highest BCUT2D eigenvalue weighted by atomic mass is 16.2. The molecule has 2 fully saturated rings. The maximum absolute atomic E-state index is 12.2. The topological polar surface area (TPSA) is 70.4 Å². The molecule has 2 saturated heterocycles. The van der Waals surface area contributed by atoms with Gasteiger partial charge in [0.05, 0.1) is 35.2 Å². The Hall–Kier alpha value is -3.16. The van der Waals surface area contributed by atoms with Gasteiger partial charge in [0.2, 0.25) is 0 Å². The van der Waals surface area contributed by atoms with Gasteiger partial charge in [0.15, 0.2) is 0 Å². The average molecular weight is 363 g/mol. The summed E-state index contributed by atoms with van der Waals surface area (Å²) in [6.07, 6.45) is 6.61. The Bertz CT molecular complexity index is 1000. The fourth-order valence-electron chi connectivity index (χ4n) is 3.82. The lowest BCUT2D eigenvalue weighted by Gasteiger charge is -2.17. The van der Waals surface area contributed by atoms with Crippen molar-refractivity contribution in [3.8, 4) is 0 Å². The van der Waals surface area contributed by atoms with Crippen LogP contribution in [0, 0.1) is 0 Å². The van der Waals surface area contributed by atoms with Crippen molar-refractivity contribution in [1.82, 2.24) is 24.6 Å². The third kappa shape index (κ3) is 2.77. The molecule has 2 aliphatic rings. The van der Waals surface area contributed by atoms with E-state index in [1.807, 2.05) is 48.4 Å². The Morgan fingerprint density at radius 1 is 1.07 bits per heavy atom. The van der Waals surface area contributed by atoms with Crippen LogP contribution in [0.3, 0.4) is 0 Å². The van der Waals surface area contributed by atoms with Gasteiger partial charge in [-0.3, -0.25) is 14.6 Å². The molecule has 8 heteroatoms. The number of hydrogen-bond acceptors (Lipinski definition) is 5. The number of anilines is 2. The first-order valence-electron chi connectivity index (χ1n) is 9.22. The molecule has 1 atom stereocenters. The van der Waals surface area contributed by atoms with E-state index in [-0.39, 0.29) is 12.1 Å². The molecular formula is C19H21N7O. The Morgan fingerprint density at radius 2 is 1.93 bits per heavy atom. The normalized spacial score (nSPS) is 20.3. The molecule has 3 aromatic rings. The highest BCUT2D eigenvalue weighted by molar-refractivity contribution is 5.93. The first kappa shape index (κ1) is 16.0. The van der Waals surface area contributed by atoms with Crippen molar-refractivity contribution >= 4 is 28.6 Å². The summed E-state index contributed by atoms with van der Waals surface area (Å²) in [6, 6.07) is 8.22. The predicted molar refractivity (Wildman–Crippen MR) is 103 cm³/mol. The molecule has 0 bridgehead atoms. The molecule has 2 aliphatic heterocycles. The molecule has 0 saturated carbocycles. The molecule has 1 unspecified atom stereocenters. The number of aromatic nitrogens is 4. The fraction of sp³-hybridized carbons (Fsp3) is 0.368. The molecular weight excluding hydrogens is 342 g/mol. The van der Waals surface area contributed by atoms with Gasteiger partial charge in [0, 0.05) is 39.4 Å². The Balaban J connectivity index is 1.32. The maximum Gasteiger partial charge on any atom is 0.324 e. The number of nitrogens with zero attached hydrogens (tertiary/aromatic N) is 7. The number of likely N-dealkylation sites (N-methyl/N-ethyl adjacent to an activating group) is 1. The second-order valence-electron chi connectivity index (χ2n) is 7.14. The molecule has 0 radical (unpaired) electrons. The molecule has 0 aliphatic carbocycles. The summed E-state index contributed by atoms with van der Waals surface area (Å²) in [7, 11) is 1.83. The van der Waals surface area contributed by atoms with Gasteiger partial charge in [0.25, 0.3) is 0 Å². The van der Waals surface area contributed by atoms with Crippen LogP contribution in [-0.4, -0.2) is 63.9 Å². The van der Waals surface area contributed by atoms with Crippen LogP contribution in [-0.2, 0) is 0 Å². The second kappa shape index (κ2) is 6.22. The van der Waals surface area contributed by atoms with Crippen molar-refractivity contribution in [3.05, 3.63) is 42.9 Å². The number of carbonyl (C=O) groups excluding carboxylic acids is 1. The Labute approximate surface area is 157 Å². The van der Waals surface area contributed by atoms with Crippen LogP contribution in [0.15, 0.2) is 42.9 Å². The van der Waals surface area contributed by atoms with E-state index < -0.39 is 0 Å². The Kier molecular flexibility index (Phi) is 3.70. The summed E-state index contributed by atoms with van der Waals surface area (Å²) in [5, 5.41) is 4.52. The summed E-state index contributed by atoms with van der Waals surface area (Å²) in [5.74, 6) is 0.903. The first-order valence-corrected chi connectivity index (χ1v) is 9.22. The minimum atomic E-state index is 0.0361. The number of urea groups is 1. The minimum Gasteiger partial charge on any atom is -0.353 e. The van der Waals surface area contributed by atoms with E-state index in [0.29, 0.717) is 6.54 Å². The number of hydrogen-bond donors (Lipinski definition) is 0. The SMILES string of the molecule is CN1CCN(c2cnn(C3CCN(c4cnc5ccccc5n4)C3)c2)C1=O. The third-order valence-corrected chi connectivity index (χ3v) is 5.41. The number of carbonyl (C=O) groups is 1. The van der Waals surface area contributed by atoms with Gasteiger partial charge in [0.1, 0.15) is 5.82 Å². The lowest BCUT2D eigenvalue weighted by Crippen LogP contribution is -2.28. The predicted octanol–water partition coefficient (Wildman–Crippen LogP) is 2.15. The quantitative estimate of drug-likeness (QED) is 0.713. The molecule has 5 rings (SSSR count). The van der Waals surface area contributed by atoms with Crippen LogP contribution >= 0.6 is 0 Å². The molecule has 8 nitrogen and oxygen atoms in total. The van der Waals surface area contributed by atoms with Gasteiger partial charge in [-0.2, -0.15) is 5.10 Å². The van der Waals surface area contributed by atoms with Crippen LogP contribution in [0.5, 0.6) is 0 Å². The van der Waals surface area contributed by atoms with Crippen LogP contribution in [0.4, 0.5) is 16.3 Å². The van der Waals surface area contributed by atoms with Crippen molar-refractivity contribution in [2.24, 2.45) is 0 Å². The van der Waals surface area contributed by atoms with Crippen molar-refractivity contribution in [2.45, 2.75) is 12.5 Å². The van der Waals surface area contributed by atoms with Crippen LogP contribution < -0.4 is 9.80 Å². The number of rotatable bonds is 3. The van der Waals surface area contributed by atoms with Gasteiger partial charge in [-0.25, -0.2) is 9.78 Å². The minimum absolute atomic E-state index is 0.0361. The van der Waals surface area contributed by atoms with Crippen molar-refractivity contribution in [2.75, 3.05) is 43.0 Å². The zero-order valence-electron chi connectivity index (χ0n) is 15.2. The summed E-state index contributed by atoms with van der Waals surface area (Å²) < 4.78 is 1.98. The molecule has 138 valence electrons. The van der Waals surface area contributed by atoms with Gasteiger partial charge < -0.3 is 9.80 Å². The van der Waals surface area contributed by atoms with Crippen molar-refractivity contribution in [1.29, 1.82) is 0 Å². The van der Waals surface area contributed by atoms with Crippen molar-refractivity contribution < 1.29 is 4.79 Å². The molecule has 2 amide bonds. The summed E-state index contributed by atoms with van der Waals surface area (Å²) in [6.45, 7) is 3.21. The fourth-order valence-corrected chi connectivity index (χ4v) is 3.82. The zero-order chi connectivity index (χ0) is 18.4. The van der Waals surface area contributed by atoms with Crippen molar-refractivity contribution in [3.63, 3.8) is 0 Å². The highest BCUT2D eigenvalue weighted by Gasteiger charge is 2.30. The zero-order valence-corrected chi connectivity index (χ0v) is 15.2. The number of para-hydroxylation sites is 2. The summed E-state index contributed by atoms with van der Waals surface area (Å²) >= 11 is 0. The number of amides is 2. The van der Waals surface area contributed by atoms with E-state index in [4.69, 9.17) is 4.98 Å². The van der Waals surface area contributed by atoms with Gasteiger partial charge >= 0.3 is 6.03 Å². The van der Waals surface area contributed by atoms with Gasteiger partial charge in [-0.15, -0.1) is 0 Å². The largest absolute Gasteiger partial charge is 0.353 e. The molecule has 2 aromatic heterocycles. The van der Waals surface area contributed by atoms with E-state index >= 15 is 0 Å². The average Bonchev–Trinajstić information content (AvgIpc) is 3.42. The second-order valence-corrected chi connectivity index (χ2v) is 7.14. The molecule has 4 heterocycles. The molecule has 0 spiro atoms. The lowest BCUT2D eigenvalue weighted by molar-refractivity contribution is 0.229. The third-order valence-electron chi connectivity index (χ3n) is 5.41. The van der Waals surface area contributed by atoms with Crippen LogP contribution in [0.2, 0.25) is 0 Å².